The number of thiophene rings is 1. The van der Waals surface area contributed by atoms with Crippen LogP contribution in [0.2, 0.25) is 0 Å². The number of hydrogen-bond donors (Lipinski definition) is 2. The number of fused-ring (bicyclic) bond motifs is 1. The van der Waals surface area contributed by atoms with Crippen molar-refractivity contribution < 1.29 is 9.59 Å². The minimum Gasteiger partial charge on any atom is -0.322 e. The predicted octanol–water partition coefficient (Wildman–Crippen LogP) is 5.81. The maximum atomic E-state index is 13.1. The van der Waals surface area contributed by atoms with Crippen LogP contribution in [0.3, 0.4) is 0 Å². The van der Waals surface area contributed by atoms with Crippen LogP contribution in [0.15, 0.2) is 24.3 Å². The van der Waals surface area contributed by atoms with Crippen LogP contribution in [0.25, 0.3) is 0 Å². The molecule has 0 aliphatic heterocycles. The minimum absolute atomic E-state index is 0.0599. The molecular weight excluding hydrogens is 368 g/mol. The van der Waals surface area contributed by atoms with Crippen LogP contribution in [0.5, 0.6) is 0 Å². The third-order valence-electron chi connectivity index (χ3n) is 5.60. The molecule has 4 nitrogen and oxygen atoms in total. The van der Waals surface area contributed by atoms with E-state index in [1.165, 1.54) is 4.88 Å². The molecule has 1 atom stereocenters. The van der Waals surface area contributed by atoms with Crippen LogP contribution in [0, 0.1) is 18.3 Å². The second-order valence-corrected chi connectivity index (χ2v) is 9.84. The molecule has 1 heterocycles. The molecule has 2 aromatic rings. The summed E-state index contributed by atoms with van der Waals surface area (Å²) >= 11 is 1.57. The maximum absolute atomic E-state index is 13.1. The molecule has 1 aromatic heterocycles. The Morgan fingerprint density at radius 1 is 1.14 bits per heavy atom. The van der Waals surface area contributed by atoms with Crippen molar-refractivity contribution in [3.8, 4) is 0 Å². The average Bonchev–Trinajstić information content (AvgIpc) is 2.99. The van der Waals surface area contributed by atoms with Gasteiger partial charge >= 0.3 is 0 Å². The molecule has 3 rings (SSSR count). The van der Waals surface area contributed by atoms with Gasteiger partial charge in [-0.2, -0.15) is 0 Å². The lowest BCUT2D eigenvalue weighted by Gasteiger charge is -2.33. The first-order chi connectivity index (χ1) is 13.2. The molecule has 1 aromatic carbocycles. The Balaban J connectivity index is 1.94. The molecule has 1 unspecified atom stereocenters. The van der Waals surface area contributed by atoms with Crippen LogP contribution in [-0.4, -0.2) is 11.8 Å². The fourth-order valence-electron chi connectivity index (χ4n) is 3.70. The van der Waals surface area contributed by atoms with Gasteiger partial charge in [-0.05, 0) is 55.2 Å². The minimum atomic E-state index is -0.137. The predicted molar refractivity (Wildman–Crippen MR) is 117 cm³/mol. The normalized spacial score (nSPS) is 16.4. The van der Waals surface area contributed by atoms with Crippen LogP contribution < -0.4 is 10.6 Å². The van der Waals surface area contributed by atoms with Gasteiger partial charge in [0.25, 0.3) is 5.91 Å². The van der Waals surface area contributed by atoms with E-state index in [1.807, 2.05) is 38.1 Å². The highest BCUT2D eigenvalue weighted by Gasteiger charge is 2.34. The fraction of sp³-hybridized carbons (Fsp3) is 0.478. The highest BCUT2D eigenvalue weighted by molar-refractivity contribution is 7.17. The van der Waals surface area contributed by atoms with Gasteiger partial charge in [-0.25, -0.2) is 0 Å². The fourth-order valence-corrected chi connectivity index (χ4v) is 5.04. The number of carbonyl (C=O) groups excluding carboxylic acids is 2. The zero-order valence-electron chi connectivity index (χ0n) is 17.4. The first-order valence-electron chi connectivity index (χ1n) is 10.0. The van der Waals surface area contributed by atoms with E-state index in [4.69, 9.17) is 0 Å². The summed E-state index contributed by atoms with van der Waals surface area (Å²) in [5, 5.41) is 6.67. The molecule has 2 N–H and O–H groups in total. The van der Waals surface area contributed by atoms with Gasteiger partial charge < -0.3 is 10.6 Å². The molecule has 0 spiro atoms. The lowest BCUT2D eigenvalue weighted by atomic mass is 9.72. The smallest absolute Gasteiger partial charge is 0.258 e. The van der Waals surface area contributed by atoms with Gasteiger partial charge in [0.2, 0.25) is 5.91 Å². The second kappa shape index (κ2) is 8.08. The summed E-state index contributed by atoms with van der Waals surface area (Å²) in [6, 6.07) is 7.77. The SMILES string of the molecule is CCC(=O)Nc1sc2c(c1C(=O)Nc1ccc(C)cc1)CCC(C(C)(C)C)C2. The molecule has 0 fully saturated rings. The van der Waals surface area contributed by atoms with Gasteiger partial charge in [-0.15, -0.1) is 11.3 Å². The molecule has 0 radical (unpaired) electrons. The van der Waals surface area contributed by atoms with E-state index in [2.05, 4.69) is 31.4 Å². The Bertz CT molecular complexity index is 875. The van der Waals surface area contributed by atoms with E-state index in [1.54, 1.807) is 11.3 Å². The van der Waals surface area contributed by atoms with Gasteiger partial charge in [0.1, 0.15) is 5.00 Å². The van der Waals surface area contributed by atoms with Crippen molar-refractivity contribution in [1.29, 1.82) is 0 Å². The standard InChI is InChI=1S/C23H30N2O2S/c1-6-19(26)25-22-20(21(27)24-16-10-7-14(2)8-11-16)17-12-9-15(23(3,4)5)13-18(17)28-22/h7-8,10-11,15H,6,9,12-13H2,1-5H3,(H,24,27)(H,25,26). The van der Waals surface area contributed by atoms with Gasteiger partial charge in [-0.3, -0.25) is 9.59 Å². The van der Waals surface area contributed by atoms with Crippen molar-refractivity contribution in [1.82, 2.24) is 0 Å². The van der Waals surface area contributed by atoms with Crippen LogP contribution in [0.4, 0.5) is 10.7 Å². The van der Waals surface area contributed by atoms with Gasteiger partial charge in [0.15, 0.2) is 0 Å². The third-order valence-corrected chi connectivity index (χ3v) is 6.77. The van der Waals surface area contributed by atoms with Crippen molar-refractivity contribution in [2.24, 2.45) is 11.3 Å². The Hall–Kier alpha value is -2.14. The monoisotopic (exact) mass is 398 g/mol. The Labute approximate surface area is 171 Å². The molecular formula is C23H30N2O2S. The first-order valence-corrected chi connectivity index (χ1v) is 10.8. The van der Waals surface area contributed by atoms with Crippen LogP contribution in [-0.2, 0) is 17.6 Å². The number of nitrogens with one attached hydrogen (secondary N) is 2. The molecule has 2 amide bonds. The summed E-state index contributed by atoms with van der Waals surface area (Å²) in [6.07, 6.45) is 3.31. The first kappa shape index (κ1) is 20.6. The van der Waals surface area contributed by atoms with Crippen molar-refractivity contribution in [2.75, 3.05) is 10.6 Å². The zero-order valence-corrected chi connectivity index (χ0v) is 18.3. The quantitative estimate of drug-likeness (QED) is 0.683. The molecule has 0 saturated carbocycles. The second-order valence-electron chi connectivity index (χ2n) is 8.74. The number of aryl methyl sites for hydroxylation is 1. The summed E-state index contributed by atoms with van der Waals surface area (Å²) < 4.78 is 0. The molecule has 0 saturated heterocycles. The van der Waals surface area contributed by atoms with Crippen LogP contribution in [0.1, 0.15) is 66.9 Å². The van der Waals surface area contributed by atoms with Crippen molar-refractivity contribution in [2.45, 2.75) is 60.3 Å². The topological polar surface area (TPSA) is 58.2 Å². The van der Waals surface area contributed by atoms with Crippen LogP contribution >= 0.6 is 11.3 Å². The van der Waals surface area contributed by atoms with E-state index in [0.29, 0.717) is 22.9 Å². The summed E-state index contributed by atoms with van der Waals surface area (Å²) in [6.45, 7) is 10.7. The lowest BCUT2D eigenvalue weighted by molar-refractivity contribution is -0.115. The van der Waals surface area contributed by atoms with E-state index >= 15 is 0 Å². The number of anilines is 2. The van der Waals surface area contributed by atoms with E-state index in [0.717, 1.165) is 36.1 Å². The largest absolute Gasteiger partial charge is 0.322 e. The van der Waals surface area contributed by atoms with Gasteiger partial charge in [-0.1, -0.05) is 45.4 Å². The van der Waals surface area contributed by atoms with Crippen molar-refractivity contribution in [3.05, 3.63) is 45.8 Å². The summed E-state index contributed by atoms with van der Waals surface area (Å²) in [7, 11) is 0. The highest BCUT2D eigenvalue weighted by atomic mass is 32.1. The molecule has 0 bridgehead atoms. The number of hydrogen-bond acceptors (Lipinski definition) is 3. The van der Waals surface area contributed by atoms with E-state index in [9.17, 15) is 9.59 Å². The number of carbonyl (C=O) groups is 2. The summed E-state index contributed by atoms with van der Waals surface area (Å²) in [5.74, 6) is 0.388. The number of rotatable bonds is 4. The van der Waals surface area contributed by atoms with E-state index < -0.39 is 0 Å². The number of amides is 2. The van der Waals surface area contributed by atoms with Crippen molar-refractivity contribution in [3.63, 3.8) is 0 Å². The lowest BCUT2D eigenvalue weighted by Crippen LogP contribution is -2.27. The molecule has 150 valence electrons. The average molecular weight is 399 g/mol. The van der Waals surface area contributed by atoms with E-state index in [-0.39, 0.29) is 17.2 Å². The number of benzene rings is 1. The van der Waals surface area contributed by atoms with Gasteiger partial charge in [0, 0.05) is 17.0 Å². The molecule has 1 aliphatic rings. The third kappa shape index (κ3) is 4.46. The highest BCUT2D eigenvalue weighted by Crippen LogP contribution is 2.44. The van der Waals surface area contributed by atoms with Crippen molar-refractivity contribution >= 4 is 33.8 Å². The zero-order chi connectivity index (χ0) is 20.5. The Morgan fingerprint density at radius 3 is 2.43 bits per heavy atom. The molecule has 1 aliphatic carbocycles. The Kier molecular flexibility index (Phi) is 5.94. The summed E-state index contributed by atoms with van der Waals surface area (Å²) in [4.78, 5) is 26.4. The maximum Gasteiger partial charge on any atom is 0.258 e. The van der Waals surface area contributed by atoms with Gasteiger partial charge in [0.05, 0.1) is 5.56 Å². The summed E-state index contributed by atoms with van der Waals surface area (Å²) in [5.41, 5.74) is 3.91. The molecule has 5 heteroatoms. The molecule has 28 heavy (non-hydrogen) atoms. The Morgan fingerprint density at radius 2 is 1.82 bits per heavy atom.